The maximum Gasteiger partial charge on any atom is 0.415 e. The molecule has 0 saturated carbocycles. The van der Waals surface area contributed by atoms with E-state index in [1.54, 1.807) is 40.5 Å². The number of carbonyl (C=O) groups is 2. The molecule has 2 heterocycles. The maximum absolute atomic E-state index is 12.5. The van der Waals surface area contributed by atoms with Gasteiger partial charge in [0.1, 0.15) is 11.5 Å². The molecule has 0 atom stereocenters. The highest BCUT2D eigenvalue weighted by Crippen LogP contribution is 2.35. The second-order valence-corrected chi connectivity index (χ2v) is 6.55. The van der Waals surface area contributed by atoms with Crippen molar-refractivity contribution in [2.45, 2.75) is 20.8 Å². The average molecular weight is 357 g/mol. The van der Waals surface area contributed by atoms with E-state index in [1.165, 1.54) is 0 Å². The Labute approximate surface area is 150 Å². The summed E-state index contributed by atoms with van der Waals surface area (Å²) < 4.78 is 11.1. The van der Waals surface area contributed by atoms with E-state index >= 15 is 0 Å². The summed E-state index contributed by atoms with van der Waals surface area (Å²) in [5.41, 5.74) is 1.57. The summed E-state index contributed by atoms with van der Waals surface area (Å²) >= 11 is 1.55. The lowest BCUT2D eigenvalue weighted by Gasteiger charge is -2.17. The monoisotopic (exact) mass is 357 g/mol. The Balaban J connectivity index is 1.81. The Morgan fingerprint density at radius 1 is 1.28 bits per heavy atom. The summed E-state index contributed by atoms with van der Waals surface area (Å²) in [6.07, 6.45) is 1.34. The van der Waals surface area contributed by atoms with Crippen molar-refractivity contribution in [3.8, 4) is 11.5 Å². The molecule has 130 valence electrons. The highest BCUT2D eigenvalue weighted by molar-refractivity contribution is 7.11. The number of carbonyl (C=O) groups excluding carboxylic acids is 2. The molecule has 0 aliphatic carbocycles. The van der Waals surface area contributed by atoms with Crippen LogP contribution in [0, 0.1) is 6.92 Å². The fourth-order valence-electron chi connectivity index (χ4n) is 2.53. The fraction of sp³-hybridized carbons (Fsp3) is 0.263. The number of rotatable bonds is 4. The van der Waals surface area contributed by atoms with Gasteiger partial charge in [-0.15, -0.1) is 11.3 Å². The van der Waals surface area contributed by atoms with E-state index in [1.807, 2.05) is 32.2 Å². The molecule has 0 spiro atoms. The van der Waals surface area contributed by atoms with Gasteiger partial charge in [-0.25, -0.2) is 4.79 Å². The first-order valence-corrected chi connectivity index (χ1v) is 9.00. The molecule has 0 N–H and O–H groups in total. The van der Waals surface area contributed by atoms with Crippen molar-refractivity contribution >= 4 is 29.3 Å². The normalized spacial score (nSPS) is 14.4. The lowest BCUT2D eigenvalue weighted by Crippen LogP contribution is -2.33. The van der Waals surface area contributed by atoms with Crippen molar-refractivity contribution in [3.63, 3.8) is 0 Å². The van der Waals surface area contributed by atoms with Crippen LogP contribution in [-0.2, 0) is 0 Å². The van der Waals surface area contributed by atoms with Crippen molar-refractivity contribution in [1.29, 1.82) is 0 Å². The van der Waals surface area contributed by atoms with Gasteiger partial charge in [-0.05, 0) is 49.9 Å². The minimum Gasteiger partial charge on any atom is -0.452 e. The molecule has 0 radical (unpaired) electrons. The molecular weight excluding hydrogens is 338 g/mol. The number of allylic oxidation sites excluding steroid dienone is 1. The first kappa shape index (κ1) is 17.2. The van der Waals surface area contributed by atoms with Gasteiger partial charge in [0, 0.05) is 30.1 Å². The number of hydrogen-bond acceptors (Lipinski definition) is 5. The third-order valence-electron chi connectivity index (χ3n) is 4.03. The SMILES string of the molecule is CCN(CC)C(=O)Oc1ccc2c(c1)O/C(=C\c1sccc1C)C2=O. The molecule has 1 aromatic carbocycles. The van der Waals surface area contributed by atoms with Crippen LogP contribution in [0.4, 0.5) is 4.79 Å². The smallest absolute Gasteiger partial charge is 0.415 e. The van der Waals surface area contributed by atoms with Gasteiger partial charge < -0.3 is 14.4 Å². The van der Waals surface area contributed by atoms with Crippen molar-refractivity contribution in [1.82, 2.24) is 4.90 Å². The van der Waals surface area contributed by atoms with E-state index in [0.29, 0.717) is 30.2 Å². The van der Waals surface area contributed by atoms with Crippen molar-refractivity contribution in [2.75, 3.05) is 13.1 Å². The molecule has 1 aromatic heterocycles. The molecule has 1 aliphatic heterocycles. The van der Waals surface area contributed by atoms with Gasteiger partial charge in [0.15, 0.2) is 5.76 Å². The topological polar surface area (TPSA) is 55.8 Å². The number of nitrogens with zero attached hydrogens (tertiary/aromatic N) is 1. The number of Topliss-reactive ketones (excluding diaryl/α,β-unsaturated/α-hetero) is 1. The van der Waals surface area contributed by atoms with Crippen LogP contribution in [0.25, 0.3) is 6.08 Å². The number of aryl methyl sites for hydroxylation is 1. The highest BCUT2D eigenvalue weighted by atomic mass is 32.1. The van der Waals surface area contributed by atoms with Gasteiger partial charge in [-0.3, -0.25) is 4.79 Å². The van der Waals surface area contributed by atoms with E-state index in [0.717, 1.165) is 10.4 Å². The highest BCUT2D eigenvalue weighted by Gasteiger charge is 2.28. The lowest BCUT2D eigenvalue weighted by molar-refractivity contribution is 0.101. The van der Waals surface area contributed by atoms with Gasteiger partial charge in [-0.2, -0.15) is 0 Å². The van der Waals surface area contributed by atoms with Crippen molar-refractivity contribution in [3.05, 3.63) is 51.4 Å². The van der Waals surface area contributed by atoms with Gasteiger partial charge in [-0.1, -0.05) is 0 Å². The molecule has 1 amide bonds. The predicted molar refractivity (Wildman–Crippen MR) is 97.4 cm³/mol. The molecule has 25 heavy (non-hydrogen) atoms. The molecule has 0 bridgehead atoms. The van der Waals surface area contributed by atoms with Gasteiger partial charge in [0.25, 0.3) is 0 Å². The summed E-state index contributed by atoms with van der Waals surface area (Å²) in [4.78, 5) is 27.1. The molecule has 0 saturated heterocycles. The molecule has 0 unspecified atom stereocenters. The molecule has 6 heteroatoms. The van der Waals surface area contributed by atoms with Crippen LogP contribution in [0.5, 0.6) is 11.5 Å². The summed E-state index contributed by atoms with van der Waals surface area (Å²) in [7, 11) is 0. The van der Waals surface area contributed by atoms with Crippen molar-refractivity contribution < 1.29 is 19.1 Å². The number of benzene rings is 1. The minimum absolute atomic E-state index is 0.163. The van der Waals surface area contributed by atoms with E-state index in [-0.39, 0.29) is 11.5 Å². The number of amides is 1. The zero-order valence-electron chi connectivity index (χ0n) is 14.4. The summed E-state index contributed by atoms with van der Waals surface area (Å²) in [5, 5.41) is 1.97. The fourth-order valence-corrected chi connectivity index (χ4v) is 3.38. The Morgan fingerprint density at radius 3 is 2.68 bits per heavy atom. The third-order valence-corrected chi connectivity index (χ3v) is 5.00. The first-order valence-electron chi connectivity index (χ1n) is 8.12. The summed E-state index contributed by atoms with van der Waals surface area (Å²) in [6, 6.07) is 6.82. The molecule has 3 rings (SSSR count). The van der Waals surface area contributed by atoms with Crippen LogP contribution in [0.3, 0.4) is 0 Å². The number of hydrogen-bond donors (Lipinski definition) is 0. The van der Waals surface area contributed by atoms with E-state index in [4.69, 9.17) is 9.47 Å². The van der Waals surface area contributed by atoms with Gasteiger partial charge in [0.05, 0.1) is 5.56 Å². The third kappa shape index (κ3) is 3.44. The Hall–Kier alpha value is -2.60. The summed E-state index contributed by atoms with van der Waals surface area (Å²) in [5.74, 6) is 0.893. The van der Waals surface area contributed by atoms with E-state index in [9.17, 15) is 9.59 Å². The van der Waals surface area contributed by atoms with E-state index in [2.05, 4.69) is 0 Å². The van der Waals surface area contributed by atoms with E-state index < -0.39 is 6.09 Å². The van der Waals surface area contributed by atoms with Crippen molar-refractivity contribution in [2.24, 2.45) is 0 Å². The number of fused-ring (bicyclic) bond motifs is 1. The zero-order valence-corrected chi connectivity index (χ0v) is 15.2. The average Bonchev–Trinajstić information content (AvgIpc) is 3.13. The molecule has 2 aromatic rings. The Kier molecular flexibility index (Phi) is 4.90. The largest absolute Gasteiger partial charge is 0.452 e. The zero-order chi connectivity index (χ0) is 18.0. The summed E-state index contributed by atoms with van der Waals surface area (Å²) in [6.45, 7) is 6.91. The van der Waals surface area contributed by atoms with Gasteiger partial charge >= 0.3 is 6.09 Å². The van der Waals surface area contributed by atoms with Crippen LogP contribution in [0.15, 0.2) is 35.4 Å². The predicted octanol–water partition coefficient (Wildman–Crippen LogP) is 4.51. The number of ketones is 1. The van der Waals surface area contributed by atoms with Crippen LogP contribution < -0.4 is 9.47 Å². The second kappa shape index (κ2) is 7.11. The van der Waals surface area contributed by atoms with Crippen LogP contribution in [-0.4, -0.2) is 29.9 Å². The lowest BCUT2D eigenvalue weighted by atomic mass is 10.1. The second-order valence-electron chi connectivity index (χ2n) is 5.61. The number of thiophene rings is 1. The Morgan fingerprint density at radius 2 is 2.04 bits per heavy atom. The minimum atomic E-state index is -0.417. The quantitative estimate of drug-likeness (QED) is 0.755. The first-order chi connectivity index (χ1) is 12.0. The Bertz CT molecular complexity index is 849. The van der Waals surface area contributed by atoms with Crippen LogP contribution in [0.2, 0.25) is 0 Å². The van der Waals surface area contributed by atoms with Crippen LogP contribution in [0.1, 0.15) is 34.6 Å². The van der Waals surface area contributed by atoms with Gasteiger partial charge in [0.2, 0.25) is 5.78 Å². The number of ether oxygens (including phenoxy) is 2. The standard InChI is InChI=1S/C19H19NO4S/c1-4-20(5-2)19(22)23-13-6-7-14-15(10-13)24-16(18(14)21)11-17-12(3)8-9-25-17/h6-11H,4-5H2,1-3H3/b16-11-. The maximum atomic E-state index is 12.5. The molecule has 5 nitrogen and oxygen atoms in total. The molecular formula is C19H19NO4S. The molecule has 1 aliphatic rings. The van der Waals surface area contributed by atoms with Crippen LogP contribution >= 0.6 is 11.3 Å². The molecule has 0 fully saturated rings.